The van der Waals surface area contributed by atoms with Gasteiger partial charge in [-0.25, -0.2) is 9.97 Å². The zero-order valence-electron chi connectivity index (χ0n) is 10.7. The van der Waals surface area contributed by atoms with Crippen LogP contribution in [0.3, 0.4) is 0 Å². The predicted octanol–water partition coefficient (Wildman–Crippen LogP) is 3.01. The van der Waals surface area contributed by atoms with Crippen molar-refractivity contribution in [3.05, 3.63) is 23.5 Å². The van der Waals surface area contributed by atoms with E-state index in [9.17, 15) is 0 Å². The third-order valence-corrected chi connectivity index (χ3v) is 4.43. The van der Waals surface area contributed by atoms with Crippen LogP contribution in [0.2, 0.25) is 0 Å². The first-order chi connectivity index (χ1) is 8.88. The van der Waals surface area contributed by atoms with Crippen LogP contribution in [0.5, 0.6) is 0 Å². The van der Waals surface area contributed by atoms with E-state index in [1.165, 1.54) is 30.3 Å². The highest BCUT2D eigenvalue weighted by Crippen LogP contribution is 2.34. The Kier molecular flexibility index (Phi) is 3.57. The van der Waals surface area contributed by atoms with Crippen LogP contribution in [0, 0.1) is 5.92 Å². The molecule has 0 saturated heterocycles. The average Bonchev–Trinajstić information content (AvgIpc) is 3.12. The van der Waals surface area contributed by atoms with Crippen molar-refractivity contribution < 1.29 is 0 Å². The molecule has 18 heavy (non-hydrogen) atoms. The molecule has 1 fully saturated rings. The summed E-state index contributed by atoms with van der Waals surface area (Å²) in [6.07, 6.45) is 6.69. The second kappa shape index (κ2) is 5.33. The highest BCUT2D eigenvalue weighted by molar-refractivity contribution is 7.16. The first kappa shape index (κ1) is 12.1. The fourth-order valence-corrected chi connectivity index (χ4v) is 3.20. The SMILES string of the molecule is CCCNC(Cc1ncnc2sccc12)C1CC1. The summed E-state index contributed by atoms with van der Waals surface area (Å²) >= 11 is 1.70. The lowest BCUT2D eigenvalue weighted by Gasteiger charge is -2.17. The number of fused-ring (bicyclic) bond motifs is 1. The van der Waals surface area contributed by atoms with Crippen molar-refractivity contribution >= 4 is 21.6 Å². The van der Waals surface area contributed by atoms with E-state index in [2.05, 4.69) is 33.7 Å². The standard InChI is InChI=1S/C14H19N3S/c1-2-6-15-12(10-3-4-10)8-13-11-5-7-18-14(11)17-9-16-13/h5,7,9-10,12,15H,2-4,6,8H2,1H3. The highest BCUT2D eigenvalue weighted by Gasteiger charge is 2.31. The molecule has 0 aromatic carbocycles. The maximum absolute atomic E-state index is 4.49. The van der Waals surface area contributed by atoms with Crippen molar-refractivity contribution in [2.75, 3.05) is 6.54 Å². The summed E-state index contributed by atoms with van der Waals surface area (Å²) in [5.74, 6) is 0.861. The third-order valence-electron chi connectivity index (χ3n) is 3.61. The second-order valence-electron chi connectivity index (χ2n) is 5.06. The Morgan fingerprint density at radius 3 is 3.11 bits per heavy atom. The monoisotopic (exact) mass is 261 g/mol. The number of rotatable bonds is 6. The number of hydrogen-bond acceptors (Lipinski definition) is 4. The van der Waals surface area contributed by atoms with E-state index < -0.39 is 0 Å². The van der Waals surface area contributed by atoms with Gasteiger partial charge in [-0.2, -0.15) is 0 Å². The van der Waals surface area contributed by atoms with Gasteiger partial charge in [0.1, 0.15) is 11.2 Å². The molecule has 0 amide bonds. The van der Waals surface area contributed by atoms with Crippen LogP contribution in [-0.2, 0) is 6.42 Å². The smallest absolute Gasteiger partial charge is 0.126 e. The van der Waals surface area contributed by atoms with Crippen LogP contribution >= 0.6 is 11.3 Å². The Balaban J connectivity index is 1.78. The Hall–Kier alpha value is -1.00. The Bertz CT molecular complexity index is 518. The summed E-state index contributed by atoms with van der Waals surface area (Å²) in [7, 11) is 0. The van der Waals surface area contributed by atoms with Crippen molar-refractivity contribution in [3.8, 4) is 0 Å². The maximum atomic E-state index is 4.49. The van der Waals surface area contributed by atoms with Crippen LogP contribution in [0.25, 0.3) is 10.2 Å². The van der Waals surface area contributed by atoms with Gasteiger partial charge in [-0.15, -0.1) is 11.3 Å². The molecule has 1 saturated carbocycles. The Morgan fingerprint density at radius 2 is 2.33 bits per heavy atom. The molecule has 0 radical (unpaired) electrons. The van der Waals surface area contributed by atoms with Crippen LogP contribution in [0.15, 0.2) is 17.8 Å². The fourth-order valence-electron chi connectivity index (χ4n) is 2.45. The zero-order chi connectivity index (χ0) is 12.4. The van der Waals surface area contributed by atoms with Gasteiger partial charge in [0.15, 0.2) is 0 Å². The molecule has 3 nitrogen and oxygen atoms in total. The molecule has 1 atom stereocenters. The lowest BCUT2D eigenvalue weighted by atomic mass is 10.0. The summed E-state index contributed by atoms with van der Waals surface area (Å²) in [6.45, 7) is 3.33. The molecular weight excluding hydrogens is 242 g/mol. The van der Waals surface area contributed by atoms with Crippen molar-refractivity contribution in [1.82, 2.24) is 15.3 Å². The third kappa shape index (κ3) is 2.54. The molecule has 1 aliphatic carbocycles. The molecule has 0 bridgehead atoms. The Morgan fingerprint density at radius 1 is 1.44 bits per heavy atom. The number of aromatic nitrogens is 2. The topological polar surface area (TPSA) is 37.8 Å². The second-order valence-corrected chi connectivity index (χ2v) is 5.96. The molecule has 2 aromatic rings. The minimum atomic E-state index is 0.600. The molecule has 0 spiro atoms. The van der Waals surface area contributed by atoms with Crippen molar-refractivity contribution in [2.24, 2.45) is 5.92 Å². The van der Waals surface area contributed by atoms with Crippen molar-refractivity contribution in [3.63, 3.8) is 0 Å². The van der Waals surface area contributed by atoms with Gasteiger partial charge in [-0.05, 0) is 43.2 Å². The minimum Gasteiger partial charge on any atom is -0.313 e. The van der Waals surface area contributed by atoms with E-state index in [4.69, 9.17) is 0 Å². The molecule has 96 valence electrons. The van der Waals surface area contributed by atoms with Gasteiger partial charge in [0, 0.05) is 17.8 Å². The lowest BCUT2D eigenvalue weighted by Crippen LogP contribution is -2.34. The molecule has 2 heterocycles. The van der Waals surface area contributed by atoms with E-state index in [0.717, 1.165) is 23.7 Å². The first-order valence-electron chi connectivity index (χ1n) is 6.79. The first-order valence-corrected chi connectivity index (χ1v) is 7.67. The van der Waals surface area contributed by atoms with Gasteiger partial charge >= 0.3 is 0 Å². The summed E-state index contributed by atoms with van der Waals surface area (Å²) in [5.41, 5.74) is 1.21. The quantitative estimate of drug-likeness (QED) is 0.868. The molecule has 2 aromatic heterocycles. The van der Waals surface area contributed by atoms with Gasteiger partial charge in [-0.1, -0.05) is 6.92 Å². The normalized spacial score (nSPS) is 17.2. The van der Waals surface area contributed by atoms with Crippen LogP contribution in [-0.4, -0.2) is 22.6 Å². The molecule has 1 N–H and O–H groups in total. The molecule has 4 heteroatoms. The van der Waals surface area contributed by atoms with Crippen molar-refractivity contribution in [2.45, 2.75) is 38.6 Å². The number of nitrogens with one attached hydrogen (secondary N) is 1. The summed E-state index contributed by atoms with van der Waals surface area (Å²) < 4.78 is 0. The summed E-state index contributed by atoms with van der Waals surface area (Å²) in [5, 5.41) is 7.03. The van der Waals surface area contributed by atoms with E-state index in [0.29, 0.717) is 6.04 Å². The fraction of sp³-hybridized carbons (Fsp3) is 0.571. The highest BCUT2D eigenvalue weighted by atomic mass is 32.1. The van der Waals surface area contributed by atoms with Crippen LogP contribution < -0.4 is 5.32 Å². The number of nitrogens with zero attached hydrogens (tertiary/aromatic N) is 2. The van der Waals surface area contributed by atoms with E-state index >= 15 is 0 Å². The molecule has 1 unspecified atom stereocenters. The molecule has 1 aliphatic rings. The Labute approximate surface area is 112 Å². The lowest BCUT2D eigenvalue weighted by molar-refractivity contribution is 0.457. The van der Waals surface area contributed by atoms with Gasteiger partial charge < -0.3 is 5.32 Å². The van der Waals surface area contributed by atoms with Gasteiger partial charge in [0.25, 0.3) is 0 Å². The number of thiophene rings is 1. The van der Waals surface area contributed by atoms with Gasteiger partial charge in [-0.3, -0.25) is 0 Å². The van der Waals surface area contributed by atoms with Gasteiger partial charge in [0.2, 0.25) is 0 Å². The summed E-state index contributed by atoms with van der Waals surface area (Å²) in [6, 6.07) is 2.75. The number of hydrogen-bond donors (Lipinski definition) is 1. The van der Waals surface area contributed by atoms with Crippen LogP contribution in [0.1, 0.15) is 31.9 Å². The van der Waals surface area contributed by atoms with Gasteiger partial charge in [0.05, 0.1) is 5.69 Å². The molecule has 3 rings (SSSR count). The van der Waals surface area contributed by atoms with E-state index in [-0.39, 0.29) is 0 Å². The predicted molar refractivity (Wildman–Crippen MR) is 75.9 cm³/mol. The zero-order valence-corrected chi connectivity index (χ0v) is 11.5. The molecular formula is C14H19N3S. The maximum Gasteiger partial charge on any atom is 0.126 e. The van der Waals surface area contributed by atoms with E-state index in [1.807, 2.05) is 0 Å². The largest absolute Gasteiger partial charge is 0.313 e. The summed E-state index contributed by atoms with van der Waals surface area (Å²) in [4.78, 5) is 9.93. The average molecular weight is 261 g/mol. The minimum absolute atomic E-state index is 0.600. The molecule has 0 aliphatic heterocycles. The van der Waals surface area contributed by atoms with E-state index in [1.54, 1.807) is 17.7 Å². The van der Waals surface area contributed by atoms with Crippen molar-refractivity contribution in [1.29, 1.82) is 0 Å². The van der Waals surface area contributed by atoms with Crippen LogP contribution in [0.4, 0.5) is 0 Å².